The minimum absolute atomic E-state index is 0.0673. The Hall–Kier alpha value is -2.63. The molecule has 0 fully saturated rings. The first-order chi connectivity index (χ1) is 11.9. The van der Waals surface area contributed by atoms with Crippen molar-refractivity contribution in [1.82, 2.24) is 14.7 Å². The lowest BCUT2D eigenvalue weighted by Crippen LogP contribution is -2.30. The molecule has 6 heteroatoms. The van der Waals surface area contributed by atoms with Gasteiger partial charge in [0.15, 0.2) is 5.69 Å². The summed E-state index contributed by atoms with van der Waals surface area (Å²) in [5.41, 5.74) is 5.87. The maximum Gasteiger partial charge on any atom is 0.305 e. The number of aryl methyl sites for hydroxylation is 2. The van der Waals surface area contributed by atoms with Gasteiger partial charge in [-0.1, -0.05) is 17.7 Å². The van der Waals surface area contributed by atoms with Gasteiger partial charge in [-0.15, -0.1) is 0 Å². The number of carboxylic acid groups (broad SMARTS) is 1. The average molecular weight is 341 g/mol. The van der Waals surface area contributed by atoms with Crippen LogP contribution in [0.2, 0.25) is 0 Å². The monoisotopic (exact) mass is 341 g/mol. The van der Waals surface area contributed by atoms with Gasteiger partial charge in [-0.05, 0) is 44.7 Å². The molecular formula is C19H23N3O3. The van der Waals surface area contributed by atoms with Crippen LogP contribution in [0.15, 0.2) is 18.2 Å². The van der Waals surface area contributed by atoms with E-state index in [4.69, 9.17) is 5.11 Å². The highest BCUT2D eigenvalue weighted by Gasteiger charge is 2.29. The summed E-state index contributed by atoms with van der Waals surface area (Å²) in [6.07, 6.45) is 2.69. The number of aliphatic carboxylic acids is 1. The van der Waals surface area contributed by atoms with Gasteiger partial charge < -0.3 is 10.0 Å². The zero-order valence-electron chi connectivity index (χ0n) is 14.9. The van der Waals surface area contributed by atoms with E-state index < -0.39 is 5.97 Å². The first kappa shape index (κ1) is 17.2. The first-order valence-corrected chi connectivity index (χ1v) is 8.54. The third-order valence-electron chi connectivity index (χ3n) is 4.72. The van der Waals surface area contributed by atoms with E-state index in [1.54, 1.807) is 7.05 Å². The predicted octanol–water partition coefficient (Wildman–Crippen LogP) is 2.52. The Morgan fingerprint density at radius 2 is 2.04 bits per heavy atom. The molecule has 3 rings (SSSR count). The van der Waals surface area contributed by atoms with Crippen LogP contribution in [0.25, 0.3) is 5.69 Å². The van der Waals surface area contributed by atoms with E-state index in [2.05, 4.69) is 18.1 Å². The van der Waals surface area contributed by atoms with Crippen LogP contribution in [0.4, 0.5) is 0 Å². The Morgan fingerprint density at radius 1 is 1.28 bits per heavy atom. The molecule has 1 aliphatic carbocycles. The van der Waals surface area contributed by atoms with Gasteiger partial charge in [0, 0.05) is 24.8 Å². The topological polar surface area (TPSA) is 75.4 Å². The van der Waals surface area contributed by atoms with E-state index in [1.165, 1.54) is 10.5 Å². The fourth-order valence-electron chi connectivity index (χ4n) is 3.40. The maximum atomic E-state index is 12.8. The molecule has 0 saturated heterocycles. The summed E-state index contributed by atoms with van der Waals surface area (Å²) in [6, 6.07) is 6.20. The fraction of sp³-hybridized carbons (Fsp3) is 0.421. The fourth-order valence-corrected chi connectivity index (χ4v) is 3.40. The van der Waals surface area contributed by atoms with Crippen LogP contribution >= 0.6 is 0 Å². The largest absolute Gasteiger partial charge is 0.481 e. The second-order valence-corrected chi connectivity index (χ2v) is 6.70. The molecule has 0 radical (unpaired) electrons. The van der Waals surface area contributed by atoms with Crippen LogP contribution in [0.1, 0.15) is 45.7 Å². The van der Waals surface area contributed by atoms with Crippen molar-refractivity contribution in [2.24, 2.45) is 0 Å². The molecule has 0 aliphatic heterocycles. The summed E-state index contributed by atoms with van der Waals surface area (Å²) < 4.78 is 1.90. The van der Waals surface area contributed by atoms with Crippen LogP contribution in [0.3, 0.4) is 0 Å². The molecule has 132 valence electrons. The second-order valence-electron chi connectivity index (χ2n) is 6.70. The lowest BCUT2D eigenvalue weighted by Gasteiger charge is -2.15. The third kappa shape index (κ3) is 3.29. The zero-order chi connectivity index (χ0) is 18.1. The van der Waals surface area contributed by atoms with Crippen molar-refractivity contribution in [3.63, 3.8) is 0 Å². The van der Waals surface area contributed by atoms with E-state index in [1.807, 2.05) is 23.7 Å². The minimum atomic E-state index is -0.911. The first-order valence-electron chi connectivity index (χ1n) is 8.54. The van der Waals surface area contributed by atoms with Gasteiger partial charge in [-0.2, -0.15) is 5.10 Å². The Balaban J connectivity index is 1.97. The molecule has 0 unspecified atom stereocenters. The van der Waals surface area contributed by atoms with Crippen molar-refractivity contribution in [2.45, 2.75) is 39.5 Å². The number of carbonyl (C=O) groups excluding carboxylic acids is 1. The van der Waals surface area contributed by atoms with Crippen LogP contribution < -0.4 is 0 Å². The molecule has 1 heterocycles. The summed E-state index contributed by atoms with van der Waals surface area (Å²) in [5, 5.41) is 13.4. The number of carbonyl (C=O) groups is 2. The number of hydrogen-bond acceptors (Lipinski definition) is 3. The van der Waals surface area contributed by atoms with Crippen molar-refractivity contribution in [2.75, 3.05) is 13.6 Å². The van der Waals surface area contributed by atoms with Crippen molar-refractivity contribution in [3.05, 3.63) is 46.3 Å². The molecule has 6 nitrogen and oxygen atoms in total. The van der Waals surface area contributed by atoms with Crippen molar-refractivity contribution >= 4 is 11.9 Å². The van der Waals surface area contributed by atoms with Gasteiger partial charge in [-0.25, -0.2) is 4.68 Å². The smallest absolute Gasteiger partial charge is 0.305 e. The van der Waals surface area contributed by atoms with Gasteiger partial charge >= 0.3 is 5.97 Å². The molecule has 1 aliphatic rings. The molecule has 1 aromatic carbocycles. The summed E-state index contributed by atoms with van der Waals surface area (Å²) >= 11 is 0. The number of benzene rings is 1. The number of carboxylic acids is 1. The molecule has 0 atom stereocenters. The van der Waals surface area contributed by atoms with E-state index in [0.717, 1.165) is 41.8 Å². The quantitative estimate of drug-likeness (QED) is 0.907. The van der Waals surface area contributed by atoms with Gasteiger partial charge in [0.1, 0.15) is 0 Å². The number of hydrogen-bond donors (Lipinski definition) is 1. The van der Waals surface area contributed by atoms with Crippen molar-refractivity contribution < 1.29 is 14.7 Å². The number of fused-ring (bicyclic) bond motifs is 1. The lowest BCUT2D eigenvalue weighted by molar-refractivity contribution is -0.137. The molecule has 0 bridgehead atoms. The van der Waals surface area contributed by atoms with Crippen LogP contribution in [0, 0.1) is 13.8 Å². The van der Waals surface area contributed by atoms with Gasteiger partial charge in [-0.3, -0.25) is 9.59 Å². The molecule has 1 N–H and O–H groups in total. The van der Waals surface area contributed by atoms with Gasteiger partial charge in [0.2, 0.25) is 0 Å². The highest BCUT2D eigenvalue weighted by Crippen LogP contribution is 2.29. The zero-order valence-corrected chi connectivity index (χ0v) is 14.9. The number of amides is 1. The minimum Gasteiger partial charge on any atom is -0.481 e. The second kappa shape index (κ2) is 6.70. The van der Waals surface area contributed by atoms with Crippen molar-refractivity contribution in [3.8, 4) is 5.69 Å². The highest BCUT2D eigenvalue weighted by molar-refractivity contribution is 5.94. The summed E-state index contributed by atoms with van der Waals surface area (Å²) in [7, 11) is 1.63. The lowest BCUT2D eigenvalue weighted by atomic mass is 10.1. The van der Waals surface area contributed by atoms with E-state index >= 15 is 0 Å². The van der Waals surface area contributed by atoms with Crippen LogP contribution in [-0.4, -0.2) is 45.3 Å². The van der Waals surface area contributed by atoms with Gasteiger partial charge in [0.05, 0.1) is 12.1 Å². The van der Waals surface area contributed by atoms with E-state index in [9.17, 15) is 9.59 Å². The standard InChI is InChI=1S/C19H23N3O3/c1-12-7-8-15(13(2)11-12)22-16-6-4-5-14(16)18(20-22)19(25)21(3)10-9-17(23)24/h7-8,11H,4-6,9-10H2,1-3H3,(H,23,24). The predicted molar refractivity (Wildman–Crippen MR) is 94.3 cm³/mol. The number of nitrogens with zero attached hydrogens (tertiary/aromatic N) is 3. The Bertz CT molecular complexity index is 839. The molecule has 2 aromatic rings. The van der Waals surface area contributed by atoms with Crippen LogP contribution in [0.5, 0.6) is 0 Å². The average Bonchev–Trinajstić information content (AvgIpc) is 3.14. The van der Waals surface area contributed by atoms with Gasteiger partial charge in [0.25, 0.3) is 5.91 Å². The summed E-state index contributed by atoms with van der Waals surface area (Å²) in [5.74, 6) is -1.12. The molecule has 25 heavy (non-hydrogen) atoms. The van der Waals surface area contributed by atoms with E-state index in [0.29, 0.717) is 5.69 Å². The Labute approximate surface area is 147 Å². The molecule has 0 spiro atoms. The Kier molecular flexibility index (Phi) is 4.61. The number of rotatable bonds is 5. The SMILES string of the molecule is Cc1ccc(-n2nc(C(=O)N(C)CCC(=O)O)c3c2CCC3)c(C)c1. The summed E-state index contributed by atoms with van der Waals surface area (Å²) in [4.78, 5) is 25.0. The van der Waals surface area contributed by atoms with Crippen molar-refractivity contribution in [1.29, 1.82) is 0 Å². The molecule has 0 saturated carbocycles. The summed E-state index contributed by atoms with van der Waals surface area (Å²) in [6.45, 7) is 4.28. The maximum absolute atomic E-state index is 12.8. The number of aromatic nitrogens is 2. The molecule has 1 amide bonds. The Morgan fingerprint density at radius 3 is 2.72 bits per heavy atom. The third-order valence-corrected chi connectivity index (χ3v) is 4.72. The van der Waals surface area contributed by atoms with E-state index in [-0.39, 0.29) is 18.9 Å². The molecule has 1 aromatic heterocycles. The normalized spacial score (nSPS) is 12.9. The highest BCUT2D eigenvalue weighted by atomic mass is 16.4. The van der Waals surface area contributed by atoms with Crippen LogP contribution in [-0.2, 0) is 17.6 Å². The molecular weight excluding hydrogens is 318 g/mol.